The van der Waals surface area contributed by atoms with Gasteiger partial charge in [-0.3, -0.25) is 14.8 Å². The molecular formula is C15H21ClN4O. The van der Waals surface area contributed by atoms with E-state index in [1.165, 1.54) is 0 Å². The van der Waals surface area contributed by atoms with Gasteiger partial charge in [-0.1, -0.05) is 13.8 Å². The number of nitrogens with zero attached hydrogens (tertiary/aromatic N) is 2. The summed E-state index contributed by atoms with van der Waals surface area (Å²) in [4.78, 5) is 20.5. The summed E-state index contributed by atoms with van der Waals surface area (Å²) in [5.74, 6) is -0.130. The highest BCUT2D eigenvalue weighted by Crippen LogP contribution is 2.12. The van der Waals surface area contributed by atoms with Crippen LogP contribution in [0.25, 0.3) is 11.0 Å². The number of halogens is 1. The molecule has 5 nitrogen and oxygen atoms in total. The van der Waals surface area contributed by atoms with Crippen LogP contribution in [0.15, 0.2) is 30.6 Å². The molecule has 0 unspecified atom stereocenters. The lowest BCUT2D eigenvalue weighted by Crippen LogP contribution is -2.49. The lowest BCUT2D eigenvalue weighted by atomic mass is 9.94. The molecule has 0 aliphatic heterocycles. The van der Waals surface area contributed by atoms with Crippen LogP contribution in [0.5, 0.6) is 0 Å². The van der Waals surface area contributed by atoms with Gasteiger partial charge in [0.2, 0.25) is 0 Å². The van der Waals surface area contributed by atoms with Crippen molar-refractivity contribution in [3.8, 4) is 0 Å². The maximum atomic E-state index is 12.2. The molecule has 2 aromatic rings. The van der Waals surface area contributed by atoms with Crippen molar-refractivity contribution in [3.63, 3.8) is 0 Å². The minimum Gasteiger partial charge on any atom is -0.350 e. The van der Waals surface area contributed by atoms with Gasteiger partial charge in [0, 0.05) is 30.0 Å². The van der Waals surface area contributed by atoms with Crippen molar-refractivity contribution in [1.29, 1.82) is 0 Å². The first-order chi connectivity index (χ1) is 9.58. The normalized spacial score (nSPS) is 11.0. The number of benzene rings is 1. The molecule has 0 saturated heterocycles. The highest BCUT2D eigenvalue weighted by atomic mass is 35.5. The van der Waals surface area contributed by atoms with E-state index in [1.807, 2.05) is 13.8 Å². The molecule has 1 amide bonds. The van der Waals surface area contributed by atoms with Gasteiger partial charge in [0.15, 0.2) is 0 Å². The second-order valence-electron chi connectivity index (χ2n) is 5.01. The lowest BCUT2D eigenvalue weighted by molar-refractivity contribution is 0.0942. The number of amides is 1. The SMILES string of the molecule is CCC(N)(CC)CNC(=O)c1ccc2nccnc2c1.Cl. The topological polar surface area (TPSA) is 80.9 Å². The number of carbonyl (C=O) groups excluding carboxylic acids is 1. The summed E-state index contributed by atoms with van der Waals surface area (Å²) in [5, 5.41) is 2.89. The third-order valence-corrected chi connectivity index (χ3v) is 3.74. The van der Waals surface area contributed by atoms with Crippen LogP contribution in [-0.4, -0.2) is 28.0 Å². The van der Waals surface area contributed by atoms with E-state index in [-0.39, 0.29) is 23.9 Å². The van der Waals surface area contributed by atoms with Gasteiger partial charge in [-0.25, -0.2) is 0 Å². The van der Waals surface area contributed by atoms with Crippen LogP contribution in [-0.2, 0) is 0 Å². The van der Waals surface area contributed by atoms with Crippen molar-refractivity contribution < 1.29 is 4.79 Å². The molecule has 0 radical (unpaired) electrons. The van der Waals surface area contributed by atoms with Crippen molar-refractivity contribution >= 4 is 29.3 Å². The van der Waals surface area contributed by atoms with Crippen LogP contribution < -0.4 is 11.1 Å². The average molecular weight is 309 g/mol. The van der Waals surface area contributed by atoms with Gasteiger partial charge in [0.05, 0.1) is 11.0 Å². The molecule has 0 bridgehead atoms. The highest BCUT2D eigenvalue weighted by Gasteiger charge is 2.21. The molecule has 0 fully saturated rings. The molecule has 0 saturated carbocycles. The Kier molecular flexibility index (Phi) is 6.05. The van der Waals surface area contributed by atoms with Gasteiger partial charge in [-0.2, -0.15) is 0 Å². The Morgan fingerprint density at radius 2 is 1.81 bits per heavy atom. The fourth-order valence-electron chi connectivity index (χ4n) is 1.96. The number of aromatic nitrogens is 2. The summed E-state index contributed by atoms with van der Waals surface area (Å²) >= 11 is 0. The molecule has 2 rings (SSSR count). The van der Waals surface area contributed by atoms with E-state index in [1.54, 1.807) is 30.6 Å². The van der Waals surface area contributed by atoms with Gasteiger partial charge in [-0.15, -0.1) is 12.4 Å². The number of nitrogens with two attached hydrogens (primary N) is 1. The van der Waals surface area contributed by atoms with E-state index in [4.69, 9.17) is 5.73 Å². The van der Waals surface area contributed by atoms with E-state index in [9.17, 15) is 4.79 Å². The van der Waals surface area contributed by atoms with Gasteiger partial charge < -0.3 is 11.1 Å². The Morgan fingerprint density at radius 3 is 2.43 bits per heavy atom. The monoisotopic (exact) mass is 308 g/mol. The Bertz CT molecular complexity index is 613. The molecule has 3 N–H and O–H groups in total. The second-order valence-corrected chi connectivity index (χ2v) is 5.01. The largest absolute Gasteiger partial charge is 0.350 e. The predicted molar refractivity (Wildman–Crippen MR) is 86.6 cm³/mol. The van der Waals surface area contributed by atoms with E-state index in [0.29, 0.717) is 17.6 Å². The van der Waals surface area contributed by atoms with Crippen molar-refractivity contribution in [2.45, 2.75) is 32.2 Å². The summed E-state index contributed by atoms with van der Waals surface area (Å²) in [7, 11) is 0. The van der Waals surface area contributed by atoms with Crippen LogP contribution in [0.1, 0.15) is 37.0 Å². The Hall–Kier alpha value is -1.72. The lowest BCUT2D eigenvalue weighted by Gasteiger charge is -2.26. The molecule has 114 valence electrons. The second kappa shape index (κ2) is 7.33. The third-order valence-electron chi connectivity index (χ3n) is 3.74. The summed E-state index contributed by atoms with van der Waals surface area (Å²) in [6.07, 6.45) is 4.90. The van der Waals surface area contributed by atoms with E-state index < -0.39 is 0 Å². The predicted octanol–water partition coefficient (Wildman–Crippen LogP) is 2.30. The molecule has 1 heterocycles. The Morgan fingerprint density at radius 1 is 1.19 bits per heavy atom. The van der Waals surface area contributed by atoms with Crippen molar-refractivity contribution in [2.24, 2.45) is 5.73 Å². The molecule has 0 aliphatic rings. The maximum Gasteiger partial charge on any atom is 0.251 e. The molecule has 0 spiro atoms. The van der Waals surface area contributed by atoms with Gasteiger partial charge in [0.1, 0.15) is 0 Å². The molecule has 1 aromatic carbocycles. The van der Waals surface area contributed by atoms with E-state index in [0.717, 1.165) is 18.4 Å². The number of rotatable bonds is 5. The molecule has 0 atom stereocenters. The van der Waals surface area contributed by atoms with Crippen LogP contribution in [0.3, 0.4) is 0 Å². The average Bonchev–Trinajstić information content (AvgIpc) is 2.51. The first-order valence-electron chi connectivity index (χ1n) is 6.86. The van der Waals surface area contributed by atoms with E-state index >= 15 is 0 Å². The van der Waals surface area contributed by atoms with E-state index in [2.05, 4.69) is 15.3 Å². The maximum absolute atomic E-state index is 12.2. The van der Waals surface area contributed by atoms with Gasteiger partial charge in [0.25, 0.3) is 5.91 Å². The first kappa shape index (κ1) is 17.3. The Balaban J connectivity index is 0.00000220. The standard InChI is InChI=1S/C15H20N4O.ClH/c1-3-15(16,4-2)10-19-14(20)11-5-6-12-13(9-11)18-8-7-17-12;/h5-9H,3-4,10,16H2,1-2H3,(H,19,20);1H. The zero-order chi connectivity index (χ0) is 14.6. The minimum absolute atomic E-state index is 0. The molecule has 6 heteroatoms. The molecule has 1 aromatic heterocycles. The fraction of sp³-hybridized carbons (Fsp3) is 0.400. The number of hydrogen-bond donors (Lipinski definition) is 2. The minimum atomic E-state index is -0.341. The summed E-state index contributed by atoms with van der Waals surface area (Å²) in [5.41, 5.74) is 7.90. The smallest absolute Gasteiger partial charge is 0.251 e. The van der Waals surface area contributed by atoms with Crippen molar-refractivity contribution in [1.82, 2.24) is 15.3 Å². The number of carbonyl (C=O) groups is 1. The van der Waals surface area contributed by atoms with Crippen LogP contribution >= 0.6 is 12.4 Å². The molecule has 21 heavy (non-hydrogen) atoms. The Labute approximate surface area is 130 Å². The van der Waals surface area contributed by atoms with Crippen molar-refractivity contribution in [2.75, 3.05) is 6.54 Å². The van der Waals surface area contributed by atoms with Crippen LogP contribution in [0.4, 0.5) is 0 Å². The third kappa shape index (κ3) is 4.12. The van der Waals surface area contributed by atoms with Crippen LogP contribution in [0, 0.1) is 0 Å². The summed E-state index contributed by atoms with van der Waals surface area (Å²) < 4.78 is 0. The quantitative estimate of drug-likeness (QED) is 0.888. The zero-order valence-electron chi connectivity index (χ0n) is 12.3. The number of fused-ring (bicyclic) bond motifs is 1. The zero-order valence-corrected chi connectivity index (χ0v) is 13.1. The number of hydrogen-bond acceptors (Lipinski definition) is 4. The highest BCUT2D eigenvalue weighted by molar-refractivity contribution is 5.97. The van der Waals surface area contributed by atoms with Crippen molar-refractivity contribution in [3.05, 3.63) is 36.2 Å². The molecular weight excluding hydrogens is 288 g/mol. The molecule has 0 aliphatic carbocycles. The van der Waals surface area contributed by atoms with Gasteiger partial charge in [-0.05, 0) is 31.0 Å². The first-order valence-corrected chi connectivity index (χ1v) is 6.86. The fourth-order valence-corrected chi connectivity index (χ4v) is 1.96. The van der Waals surface area contributed by atoms with Crippen LogP contribution in [0.2, 0.25) is 0 Å². The summed E-state index contributed by atoms with van der Waals surface area (Å²) in [6, 6.07) is 5.29. The van der Waals surface area contributed by atoms with Gasteiger partial charge >= 0.3 is 0 Å². The number of nitrogens with one attached hydrogen (secondary N) is 1. The summed E-state index contributed by atoms with van der Waals surface area (Å²) in [6.45, 7) is 4.53.